The fraction of sp³-hybridized carbons (Fsp3) is 0.160. The van der Waals surface area contributed by atoms with Crippen molar-refractivity contribution in [2.75, 3.05) is 20.1 Å². The quantitative estimate of drug-likeness (QED) is 0.475. The first kappa shape index (κ1) is 20.3. The monoisotopic (exact) mass is 409 g/mol. The summed E-state index contributed by atoms with van der Waals surface area (Å²) in [5.41, 5.74) is 6.72. The number of benzene rings is 2. The minimum Gasteiger partial charge on any atom is -0.351 e. The average Bonchev–Trinajstić information content (AvgIpc) is 3.18. The van der Waals surface area contributed by atoms with Crippen LogP contribution >= 0.6 is 0 Å². The summed E-state index contributed by atoms with van der Waals surface area (Å²) in [6, 6.07) is 21.4. The third-order valence-corrected chi connectivity index (χ3v) is 5.15. The summed E-state index contributed by atoms with van der Waals surface area (Å²) in [7, 11) is 1.85. The van der Waals surface area contributed by atoms with E-state index in [0.29, 0.717) is 24.2 Å². The Morgan fingerprint density at radius 1 is 1.00 bits per heavy atom. The smallest absolute Gasteiger partial charge is 0.252 e. The maximum atomic E-state index is 12.6. The van der Waals surface area contributed by atoms with Gasteiger partial charge in [0.2, 0.25) is 0 Å². The first-order chi connectivity index (χ1) is 15.1. The van der Waals surface area contributed by atoms with Crippen molar-refractivity contribution in [3.05, 3.63) is 83.6 Å². The molecule has 0 saturated heterocycles. The van der Waals surface area contributed by atoms with Crippen LogP contribution < -0.4 is 10.6 Å². The van der Waals surface area contributed by atoms with Crippen molar-refractivity contribution in [3.8, 4) is 28.6 Å². The lowest BCUT2D eigenvalue weighted by Gasteiger charge is -2.09. The SMILES string of the molecule is CNCCNC(=O)c1ccc2nc(-c3ccc(C)cc3)c(-c3ccc(C#N)cc3)n2c1. The number of carbonyl (C=O) groups excluding carboxylic acids is 1. The number of amides is 1. The predicted molar refractivity (Wildman–Crippen MR) is 122 cm³/mol. The number of nitriles is 1. The standard InChI is InChI=1S/C25H23N5O/c1-17-3-7-19(8-4-17)23-24(20-9-5-18(15-26)6-10-20)30-16-21(11-12-22(30)29-23)25(31)28-14-13-27-2/h3-12,16,27H,13-14H2,1-2H3,(H,28,31). The molecule has 0 saturated carbocycles. The number of nitrogens with one attached hydrogen (secondary N) is 2. The van der Waals surface area contributed by atoms with Crippen molar-refractivity contribution in [1.82, 2.24) is 20.0 Å². The summed E-state index contributed by atoms with van der Waals surface area (Å²) in [5, 5.41) is 15.1. The molecule has 6 nitrogen and oxygen atoms in total. The summed E-state index contributed by atoms with van der Waals surface area (Å²) in [5.74, 6) is -0.131. The molecule has 0 aliphatic rings. The summed E-state index contributed by atoms with van der Waals surface area (Å²) in [6.45, 7) is 3.30. The second-order valence-electron chi connectivity index (χ2n) is 7.37. The summed E-state index contributed by atoms with van der Waals surface area (Å²) < 4.78 is 1.95. The highest BCUT2D eigenvalue weighted by Gasteiger charge is 2.17. The number of hydrogen-bond acceptors (Lipinski definition) is 4. The van der Waals surface area contributed by atoms with Crippen LogP contribution in [0.1, 0.15) is 21.5 Å². The van der Waals surface area contributed by atoms with Gasteiger partial charge in [0.1, 0.15) is 5.65 Å². The molecule has 1 amide bonds. The zero-order valence-electron chi connectivity index (χ0n) is 17.5. The molecule has 0 fully saturated rings. The van der Waals surface area contributed by atoms with Crippen LogP contribution in [0.3, 0.4) is 0 Å². The molecule has 4 aromatic rings. The van der Waals surface area contributed by atoms with Gasteiger partial charge in [0.15, 0.2) is 0 Å². The Kier molecular flexibility index (Phi) is 5.78. The van der Waals surface area contributed by atoms with E-state index in [1.165, 1.54) is 5.56 Å². The third-order valence-electron chi connectivity index (χ3n) is 5.15. The first-order valence-corrected chi connectivity index (χ1v) is 10.1. The number of aromatic nitrogens is 2. The van der Waals surface area contributed by atoms with E-state index in [2.05, 4.69) is 41.0 Å². The highest BCUT2D eigenvalue weighted by Crippen LogP contribution is 2.33. The molecule has 2 aromatic heterocycles. The van der Waals surface area contributed by atoms with E-state index >= 15 is 0 Å². The van der Waals surface area contributed by atoms with Crippen LogP contribution in [0.5, 0.6) is 0 Å². The van der Waals surface area contributed by atoms with Crippen LogP contribution in [0.25, 0.3) is 28.2 Å². The van der Waals surface area contributed by atoms with E-state index < -0.39 is 0 Å². The minimum absolute atomic E-state index is 0.131. The first-order valence-electron chi connectivity index (χ1n) is 10.1. The van der Waals surface area contributed by atoms with Crippen LogP contribution in [0.4, 0.5) is 0 Å². The molecule has 31 heavy (non-hydrogen) atoms. The zero-order valence-corrected chi connectivity index (χ0v) is 17.5. The van der Waals surface area contributed by atoms with Crippen molar-refractivity contribution in [1.29, 1.82) is 5.26 Å². The van der Waals surface area contributed by atoms with E-state index in [-0.39, 0.29) is 5.91 Å². The van der Waals surface area contributed by atoms with E-state index in [0.717, 1.165) is 28.2 Å². The zero-order chi connectivity index (χ0) is 21.8. The molecule has 6 heteroatoms. The van der Waals surface area contributed by atoms with Gasteiger partial charge in [-0.3, -0.25) is 9.20 Å². The Balaban J connectivity index is 1.87. The number of aryl methyl sites for hydroxylation is 1. The van der Waals surface area contributed by atoms with Crippen LogP contribution in [0.15, 0.2) is 66.9 Å². The number of fused-ring (bicyclic) bond motifs is 1. The number of likely N-dealkylation sites (N-methyl/N-ethyl adjacent to an activating group) is 1. The minimum atomic E-state index is -0.131. The third kappa shape index (κ3) is 4.18. The Morgan fingerprint density at radius 2 is 1.71 bits per heavy atom. The summed E-state index contributed by atoms with van der Waals surface area (Å²) in [4.78, 5) is 17.5. The van der Waals surface area contributed by atoms with Crippen molar-refractivity contribution >= 4 is 11.6 Å². The number of carbonyl (C=O) groups is 1. The molecule has 2 N–H and O–H groups in total. The molecule has 2 heterocycles. The average molecular weight is 409 g/mol. The van der Waals surface area contributed by atoms with E-state index in [4.69, 9.17) is 10.2 Å². The number of imidazole rings is 1. The van der Waals surface area contributed by atoms with Crippen molar-refractivity contribution in [2.45, 2.75) is 6.92 Å². The van der Waals surface area contributed by atoms with Gasteiger partial charge in [0, 0.05) is 30.4 Å². The van der Waals surface area contributed by atoms with E-state index in [1.54, 1.807) is 18.2 Å². The number of hydrogen-bond donors (Lipinski definition) is 2. The van der Waals surface area contributed by atoms with E-state index in [9.17, 15) is 4.79 Å². The van der Waals surface area contributed by atoms with Crippen LogP contribution in [-0.2, 0) is 0 Å². The molecule has 0 aliphatic carbocycles. The maximum absolute atomic E-state index is 12.6. The Hall–Kier alpha value is -3.95. The van der Waals surface area contributed by atoms with Gasteiger partial charge in [-0.25, -0.2) is 4.98 Å². The Labute approximate surface area is 181 Å². The molecular formula is C25H23N5O. The Morgan fingerprint density at radius 3 is 2.39 bits per heavy atom. The highest BCUT2D eigenvalue weighted by molar-refractivity contribution is 5.94. The lowest BCUT2D eigenvalue weighted by molar-refractivity contribution is 0.0953. The lowest BCUT2D eigenvalue weighted by Crippen LogP contribution is -2.30. The molecule has 0 atom stereocenters. The van der Waals surface area contributed by atoms with E-state index in [1.807, 2.05) is 42.8 Å². The molecule has 0 unspecified atom stereocenters. The van der Waals surface area contributed by atoms with Gasteiger partial charge in [0.25, 0.3) is 5.91 Å². The largest absolute Gasteiger partial charge is 0.351 e. The van der Waals surface area contributed by atoms with Crippen LogP contribution in [0, 0.1) is 18.3 Å². The second kappa shape index (κ2) is 8.82. The molecule has 154 valence electrons. The molecule has 4 rings (SSSR count). The van der Waals surface area contributed by atoms with Crippen LogP contribution in [-0.4, -0.2) is 35.4 Å². The van der Waals surface area contributed by atoms with Gasteiger partial charge in [-0.05, 0) is 38.2 Å². The lowest BCUT2D eigenvalue weighted by atomic mass is 10.0. The topological polar surface area (TPSA) is 82.2 Å². The highest BCUT2D eigenvalue weighted by atomic mass is 16.1. The van der Waals surface area contributed by atoms with Gasteiger partial charge >= 0.3 is 0 Å². The summed E-state index contributed by atoms with van der Waals surface area (Å²) >= 11 is 0. The number of rotatable bonds is 6. The fourth-order valence-corrected chi connectivity index (χ4v) is 3.47. The van der Waals surface area contributed by atoms with Gasteiger partial charge in [0.05, 0.1) is 28.6 Å². The molecule has 0 bridgehead atoms. The van der Waals surface area contributed by atoms with Crippen molar-refractivity contribution in [2.24, 2.45) is 0 Å². The number of nitrogens with zero attached hydrogens (tertiary/aromatic N) is 3. The maximum Gasteiger partial charge on any atom is 0.252 e. The van der Waals surface area contributed by atoms with Crippen molar-refractivity contribution in [3.63, 3.8) is 0 Å². The van der Waals surface area contributed by atoms with Crippen LogP contribution in [0.2, 0.25) is 0 Å². The Bertz CT molecular complexity index is 1260. The normalized spacial score (nSPS) is 10.7. The van der Waals surface area contributed by atoms with Crippen molar-refractivity contribution < 1.29 is 4.79 Å². The molecule has 0 spiro atoms. The predicted octanol–water partition coefficient (Wildman–Crippen LogP) is 3.80. The van der Waals surface area contributed by atoms with Gasteiger partial charge < -0.3 is 10.6 Å². The van der Waals surface area contributed by atoms with Gasteiger partial charge in [-0.15, -0.1) is 0 Å². The van der Waals surface area contributed by atoms with Gasteiger partial charge in [-0.2, -0.15) is 5.26 Å². The molecule has 0 radical (unpaired) electrons. The molecule has 2 aromatic carbocycles. The summed E-state index contributed by atoms with van der Waals surface area (Å²) in [6.07, 6.45) is 1.82. The number of pyridine rings is 1. The fourth-order valence-electron chi connectivity index (χ4n) is 3.47. The second-order valence-corrected chi connectivity index (χ2v) is 7.37. The molecule has 0 aliphatic heterocycles. The molecular weight excluding hydrogens is 386 g/mol. The van der Waals surface area contributed by atoms with Gasteiger partial charge in [-0.1, -0.05) is 42.0 Å².